The summed E-state index contributed by atoms with van der Waals surface area (Å²) in [7, 11) is 0. The average Bonchev–Trinajstić information content (AvgIpc) is 3.04. The van der Waals surface area contributed by atoms with Crippen LogP contribution >= 0.6 is 22.7 Å². The highest BCUT2D eigenvalue weighted by atomic mass is 32.1. The summed E-state index contributed by atoms with van der Waals surface area (Å²) >= 11 is 3.54. The zero-order valence-corrected chi connectivity index (χ0v) is 11.2. The average molecular weight is 273 g/mol. The van der Waals surface area contributed by atoms with Crippen molar-refractivity contribution in [3.8, 4) is 0 Å². The summed E-state index contributed by atoms with van der Waals surface area (Å²) < 4.78 is 0. The zero-order chi connectivity index (χ0) is 11.9. The van der Waals surface area contributed by atoms with Gasteiger partial charge in [-0.2, -0.15) is 0 Å². The van der Waals surface area contributed by atoms with E-state index in [2.05, 4.69) is 21.7 Å². The highest BCUT2D eigenvalue weighted by Gasteiger charge is 2.25. The highest BCUT2D eigenvalue weighted by Crippen LogP contribution is 2.35. The van der Waals surface area contributed by atoms with Crippen LogP contribution < -0.4 is 5.32 Å². The summed E-state index contributed by atoms with van der Waals surface area (Å²) in [6.45, 7) is 1.03. The molecule has 0 bridgehead atoms. The smallest absolute Gasteiger partial charge is 0.143 e. The van der Waals surface area contributed by atoms with Crippen LogP contribution in [0, 0.1) is 0 Å². The molecule has 3 aromatic heterocycles. The van der Waals surface area contributed by atoms with Crippen molar-refractivity contribution < 1.29 is 0 Å². The van der Waals surface area contributed by atoms with Crippen LogP contribution in [0.15, 0.2) is 29.8 Å². The van der Waals surface area contributed by atoms with E-state index >= 15 is 0 Å². The second-order valence-electron chi connectivity index (χ2n) is 4.32. The van der Waals surface area contributed by atoms with Crippen LogP contribution in [0.3, 0.4) is 0 Å². The molecule has 1 aliphatic rings. The second-order valence-corrected chi connectivity index (χ2v) is 6.33. The van der Waals surface area contributed by atoms with Crippen LogP contribution in [0.1, 0.15) is 21.5 Å². The van der Waals surface area contributed by atoms with E-state index in [1.807, 2.05) is 29.7 Å². The van der Waals surface area contributed by atoms with Gasteiger partial charge in [0.25, 0.3) is 0 Å². The van der Waals surface area contributed by atoms with Gasteiger partial charge in [-0.3, -0.25) is 0 Å². The Hall–Kier alpha value is -1.30. The van der Waals surface area contributed by atoms with Crippen LogP contribution in [0.25, 0.3) is 10.3 Å². The van der Waals surface area contributed by atoms with Crippen molar-refractivity contribution in [3.05, 3.63) is 45.2 Å². The van der Waals surface area contributed by atoms with Crippen LogP contribution in [-0.2, 0) is 6.42 Å². The van der Waals surface area contributed by atoms with Crippen molar-refractivity contribution in [2.75, 3.05) is 6.54 Å². The standard InChI is InChI=1S/C13H11N3S2/c1-2-9-12(15-5-1)18-13(16-9)11-8-4-7-17-10(8)3-6-14-11/h1-2,4-5,7,11,14H,3,6H2. The number of fused-ring (bicyclic) bond motifs is 2. The summed E-state index contributed by atoms with van der Waals surface area (Å²) in [5.74, 6) is 0. The number of nitrogens with zero attached hydrogens (tertiary/aromatic N) is 2. The molecule has 0 aliphatic carbocycles. The Morgan fingerprint density at radius 1 is 1.33 bits per heavy atom. The minimum absolute atomic E-state index is 0.249. The van der Waals surface area contributed by atoms with Gasteiger partial charge < -0.3 is 5.32 Å². The van der Waals surface area contributed by atoms with E-state index in [-0.39, 0.29) is 6.04 Å². The molecule has 1 aliphatic heterocycles. The number of thiazole rings is 1. The molecule has 18 heavy (non-hydrogen) atoms. The molecule has 0 amide bonds. The SMILES string of the molecule is c1cnc2sc(C3NCCc4sccc43)nc2c1. The molecular weight excluding hydrogens is 262 g/mol. The lowest BCUT2D eigenvalue weighted by Gasteiger charge is -2.22. The highest BCUT2D eigenvalue weighted by molar-refractivity contribution is 7.18. The van der Waals surface area contributed by atoms with Crippen LogP contribution in [0.5, 0.6) is 0 Å². The largest absolute Gasteiger partial charge is 0.304 e. The first-order chi connectivity index (χ1) is 8.92. The molecule has 3 nitrogen and oxygen atoms in total. The maximum atomic E-state index is 4.71. The Bertz CT molecular complexity index is 668. The maximum Gasteiger partial charge on any atom is 0.143 e. The summed E-state index contributed by atoms with van der Waals surface area (Å²) in [6, 6.07) is 6.44. The molecule has 1 unspecified atom stereocenters. The van der Waals surface area contributed by atoms with E-state index in [1.54, 1.807) is 11.3 Å². The fraction of sp³-hybridized carbons (Fsp3) is 0.231. The number of rotatable bonds is 1. The van der Waals surface area contributed by atoms with Crippen molar-refractivity contribution in [2.24, 2.45) is 0 Å². The van der Waals surface area contributed by atoms with E-state index in [0.29, 0.717) is 0 Å². The van der Waals surface area contributed by atoms with Crippen molar-refractivity contribution >= 4 is 33.0 Å². The van der Waals surface area contributed by atoms with Crippen molar-refractivity contribution in [1.29, 1.82) is 0 Å². The Kier molecular flexibility index (Phi) is 2.43. The van der Waals surface area contributed by atoms with E-state index in [1.165, 1.54) is 10.4 Å². The third-order valence-corrected chi connectivity index (χ3v) is 5.26. The topological polar surface area (TPSA) is 37.8 Å². The number of nitrogens with one attached hydrogen (secondary N) is 1. The van der Waals surface area contributed by atoms with Crippen LogP contribution in [-0.4, -0.2) is 16.5 Å². The first-order valence-electron chi connectivity index (χ1n) is 5.93. The number of thiophene rings is 1. The summed E-state index contributed by atoms with van der Waals surface area (Å²) in [5.41, 5.74) is 2.40. The zero-order valence-electron chi connectivity index (χ0n) is 9.59. The van der Waals surface area contributed by atoms with E-state index in [4.69, 9.17) is 4.98 Å². The van der Waals surface area contributed by atoms with E-state index in [9.17, 15) is 0 Å². The molecule has 1 atom stereocenters. The Labute approximate surface area is 113 Å². The van der Waals surface area contributed by atoms with Gasteiger partial charge in [0.2, 0.25) is 0 Å². The lowest BCUT2D eigenvalue weighted by atomic mass is 10.0. The van der Waals surface area contributed by atoms with E-state index in [0.717, 1.165) is 28.3 Å². The Balaban J connectivity index is 1.84. The molecule has 1 N–H and O–H groups in total. The molecule has 3 aromatic rings. The van der Waals surface area contributed by atoms with Gasteiger partial charge in [-0.05, 0) is 35.6 Å². The molecule has 0 aromatic carbocycles. The summed E-state index contributed by atoms with van der Waals surface area (Å²) in [4.78, 5) is 11.6. The predicted molar refractivity (Wildman–Crippen MR) is 75.3 cm³/mol. The first-order valence-corrected chi connectivity index (χ1v) is 7.62. The van der Waals surface area contributed by atoms with Gasteiger partial charge in [0.15, 0.2) is 0 Å². The van der Waals surface area contributed by atoms with E-state index < -0.39 is 0 Å². The number of aromatic nitrogens is 2. The minimum Gasteiger partial charge on any atom is -0.304 e. The van der Waals surface area contributed by atoms with Gasteiger partial charge in [0.05, 0.1) is 6.04 Å². The summed E-state index contributed by atoms with van der Waals surface area (Å²) in [6.07, 6.45) is 2.96. The monoisotopic (exact) mass is 273 g/mol. The fourth-order valence-corrected chi connectivity index (χ4v) is 4.30. The van der Waals surface area contributed by atoms with Crippen LogP contribution in [0.2, 0.25) is 0 Å². The van der Waals surface area contributed by atoms with Gasteiger partial charge in [0.1, 0.15) is 15.4 Å². The normalized spacial score (nSPS) is 19.0. The maximum absolute atomic E-state index is 4.71. The fourth-order valence-electron chi connectivity index (χ4n) is 2.38. The molecule has 0 saturated carbocycles. The lowest BCUT2D eigenvalue weighted by Crippen LogP contribution is -2.29. The summed E-state index contributed by atoms with van der Waals surface area (Å²) in [5, 5.41) is 6.87. The number of pyridine rings is 1. The van der Waals surface area contributed by atoms with Crippen molar-refractivity contribution in [2.45, 2.75) is 12.5 Å². The Morgan fingerprint density at radius 2 is 2.33 bits per heavy atom. The molecule has 0 fully saturated rings. The lowest BCUT2D eigenvalue weighted by molar-refractivity contribution is 0.573. The molecule has 90 valence electrons. The molecule has 0 spiro atoms. The molecule has 0 radical (unpaired) electrons. The Morgan fingerprint density at radius 3 is 3.28 bits per heavy atom. The quantitative estimate of drug-likeness (QED) is 0.740. The van der Waals surface area contributed by atoms with Gasteiger partial charge >= 0.3 is 0 Å². The van der Waals surface area contributed by atoms with Crippen LogP contribution in [0.4, 0.5) is 0 Å². The third-order valence-electron chi connectivity index (χ3n) is 3.22. The molecule has 0 saturated heterocycles. The van der Waals surface area contributed by atoms with Gasteiger partial charge in [0, 0.05) is 17.6 Å². The van der Waals surface area contributed by atoms with Crippen molar-refractivity contribution in [1.82, 2.24) is 15.3 Å². The first kappa shape index (κ1) is 10.6. The second kappa shape index (κ2) is 4.12. The molecule has 4 heterocycles. The third kappa shape index (κ3) is 1.59. The number of hydrogen-bond donors (Lipinski definition) is 1. The number of hydrogen-bond acceptors (Lipinski definition) is 5. The van der Waals surface area contributed by atoms with Gasteiger partial charge in [-0.25, -0.2) is 9.97 Å². The molecular formula is C13H11N3S2. The van der Waals surface area contributed by atoms with Gasteiger partial charge in [-0.1, -0.05) is 11.3 Å². The molecule has 4 rings (SSSR count). The predicted octanol–water partition coefficient (Wildman–Crippen LogP) is 2.99. The van der Waals surface area contributed by atoms with Crippen molar-refractivity contribution in [3.63, 3.8) is 0 Å². The van der Waals surface area contributed by atoms with Gasteiger partial charge in [-0.15, -0.1) is 11.3 Å². The molecule has 5 heteroatoms. The minimum atomic E-state index is 0.249.